The van der Waals surface area contributed by atoms with Crippen molar-refractivity contribution in [1.82, 2.24) is 4.57 Å². The monoisotopic (exact) mass is 403 g/mol. The first-order valence-corrected chi connectivity index (χ1v) is 9.57. The van der Waals surface area contributed by atoms with Crippen LogP contribution >= 0.6 is 0 Å². The average molecular weight is 403 g/mol. The van der Waals surface area contributed by atoms with Crippen molar-refractivity contribution in [3.63, 3.8) is 0 Å². The molecule has 0 fully saturated rings. The van der Waals surface area contributed by atoms with Gasteiger partial charge in [-0.2, -0.15) is 0 Å². The van der Waals surface area contributed by atoms with Gasteiger partial charge >= 0.3 is 11.8 Å². The highest BCUT2D eigenvalue weighted by molar-refractivity contribution is 6.21. The number of nitrogens with zero attached hydrogens (tertiary/aromatic N) is 2. The summed E-state index contributed by atoms with van der Waals surface area (Å²) in [4.78, 5) is 16.6. The Balaban J connectivity index is 1.95. The average Bonchev–Trinajstić information content (AvgIpc) is 3.07. The van der Waals surface area contributed by atoms with Crippen LogP contribution in [0.3, 0.4) is 0 Å². The van der Waals surface area contributed by atoms with Crippen molar-refractivity contribution in [2.75, 3.05) is 7.11 Å². The second-order valence-electron chi connectivity index (χ2n) is 7.47. The Kier molecular flexibility index (Phi) is 3.83. The molecule has 1 unspecified atom stereocenters. The molecule has 150 valence electrons. The Morgan fingerprint density at radius 2 is 1.73 bits per heavy atom. The van der Waals surface area contributed by atoms with Gasteiger partial charge in [-0.15, -0.1) is 4.99 Å². The predicted octanol–water partition coefficient (Wildman–Crippen LogP) is 0.554. The van der Waals surface area contributed by atoms with Crippen LogP contribution in [0.1, 0.15) is 28.2 Å². The molecule has 1 aliphatic heterocycles. The Hall–Kier alpha value is -3.87. The molecular weight excluding hydrogens is 382 g/mol. The van der Waals surface area contributed by atoms with E-state index in [-0.39, 0.29) is 17.3 Å². The second kappa shape index (κ2) is 6.32. The van der Waals surface area contributed by atoms with Crippen LogP contribution in [0.4, 0.5) is 5.82 Å². The number of hydrogen-bond donors (Lipinski definition) is 3. The Labute approximate surface area is 172 Å². The SMILES string of the molecule is COc1ccccc1C1C2=C(O)c3ccccc3C2=[NH+]c2c1c(=O)n(C)c(O)[n+]2C. The van der Waals surface area contributed by atoms with Crippen molar-refractivity contribution >= 4 is 17.3 Å². The van der Waals surface area contributed by atoms with Gasteiger partial charge in [0.2, 0.25) is 5.71 Å². The summed E-state index contributed by atoms with van der Waals surface area (Å²) >= 11 is 0. The Morgan fingerprint density at radius 3 is 2.47 bits per heavy atom. The fourth-order valence-electron chi connectivity index (χ4n) is 4.50. The number of para-hydroxylation sites is 1. The first kappa shape index (κ1) is 18.2. The number of aromatic nitrogens is 2. The minimum absolute atomic E-state index is 0.132. The van der Waals surface area contributed by atoms with Crippen LogP contribution in [-0.4, -0.2) is 27.6 Å². The lowest BCUT2D eigenvalue weighted by atomic mass is 9.81. The number of aliphatic hydroxyl groups excluding tert-OH is 1. The number of ether oxygens (including phenoxy) is 1. The first-order valence-electron chi connectivity index (χ1n) is 9.57. The summed E-state index contributed by atoms with van der Waals surface area (Å²) in [6.45, 7) is 0. The summed E-state index contributed by atoms with van der Waals surface area (Å²) in [7, 11) is 4.79. The largest absolute Gasteiger partial charge is 0.507 e. The van der Waals surface area contributed by atoms with Gasteiger partial charge < -0.3 is 14.9 Å². The molecule has 3 aromatic rings. The van der Waals surface area contributed by atoms with Crippen LogP contribution in [0.15, 0.2) is 58.9 Å². The van der Waals surface area contributed by atoms with Crippen molar-refractivity contribution in [2.24, 2.45) is 14.1 Å². The zero-order chi connectivity index (χ0) is 21.2. The molecule has 5 rings (SSSR count). The molecule has 0 amide bonds. The maximum absolute atomic E-state index is 13.3. The number of benzene rings is 2. The zero-order valence-electron chi connectivity index (χ0n) is 16.8. The number of fused-ring (bicyclic) bond motifs is 4. The third-order valence-electron chi connectivity index (χ3n) is 5.97. The molecule has 1 aromatic heterocycles. The summed E-state index contributed by atoms with van der Waals surface area (Å²) in [6.07, 6.45) is 0. The van der Waals surface area contributed by atoms with E-state index in [1.54, 1.807) is 18.7 Å². The van der Waals surface area contributed by atoms with Gasteiger partial charge in [-0.05, 0) is 12.1 Å². The fourth-order valence-corrected chi connectivity index (χ4v) is 4.50. The van der Waals surface area contributed by atoms with Gasteiger partial charge in [0, 0.05) is 18.2 Å². The third-order valence-corrected chi connectivity index (χ3v) is 5.97. The van der Waals surface area contributed by atoms with Crippen molar-refractivity contribution in [3.05, 3.63) is 86.7 Å². The summed E-state index contributed by atoms with van der Waals surface area (Å²) < 4.78 is 8.34. The zero-order valence-corrected chi connectivity index (χ0v) is 16.8. The number of aromatic hydroxyl groups is 1. The molecule has 0 spiro atoms. The van der Waals surface area contributed by atoms with Crippen molar-refractivity contribution in [1.29, 1.82) is 0 Å². The predicted molar refractivity (Wildman–Crippen MR) is 110 cm³/mol. The third kappa shape index (κ3) is 2.23. The molecule has 2 aromatic carbocycles. The molecule has 0 saturated carbocycles. The van der Waals surface area contributed by atoms with Crippen LogP contribution in [-0.2, 0) is 14.1 Å². The van der Waals surface area contributed by atoms with Crippen molar-refractivity contribution in [2.45, 2.75) is 5.92 Å². The molecule has 1 atom stereocenters. The van der Waals surface area contributed by atoms with Crippen LogP contribution < -0.4 is 19.9 Å². The summed E-state index contributed by atoms with van der Waals surface area (Å²) in [5.41, 5.74) is 3.73. The van der Waals surface area contributed by atoms with E-state index in [4.69, 9.17) is 4.74 Å². The van der Waals surface area contributed by atoms with Gasteiger partial charge in [-0.25, -0.2) is 4.57 Å². The molecular formula is C23H21N3O4+2. The first-order chi connectivity index (χ1) is 14.5. The standard InChI is InChI=1S/C23H19N3O4/c1-25-21-18(22(28)26(2)23(25)29)16(14-10-6-7-11-15(14)30-3)17-19(24-21)12-8-4-5-9-13(12)20(17)27/h4-11,16H,1-3H3,(H,24,27,28)/p+2. The van der Waals surface area contributed by atoms with E-state index in [0.717, 1.165) is 16.8 Å². The molecule has 0 bridgehead atoms. The van der Waals surface area contributed by atoms with Gasteiger partial charge in [0.15, 0.2) is 12.6 Å². The van der Waals surface area contributed by atoms with Crippen LogP contribution in [0.2, 0.25) is 0 Å². The lowest BCUT2D eigenvalue weighted by Crippen LogP contribution is -2.75. The fraction of sp³-hybridized carbons (Fsp3) is 0.174. The van der Waals surface area contributed by atoms with E-state index in [1.165, 1.54) is 11.6 Å². The molecule has 7 nitrogen and oxygen atoms in total. The minimum Gasteiger partial charge on any atom is -0.507 e. The van der Waals surface area contributed by atoms with E-state index in [0.29, 0.717) is 28.3 Å². The summed E-state index contributed by atoms with van der Waals surface area (Å²) in [6, 6.07) is 14.8. The molecule has 30 heavy (non-hydrogen) atoms. The molecule has 2 aliphatic rings. The van der Waals surface area contributed by atoms with Gasteiger partial charge in [0.05, 0.1) is 24.2 Å². The molecule has 7 heteroatoms. The summed E-state index contributed by atoms with van der Waals surface area (Å²) in [5, 5.41) is 21.7. The van der Waals surface area contributed by atoms with Crippen LogP contribution in [0.5, 0.6) is 11.8 Å². The number of aliphatic hydroxyl groups is 1. The van der Waals surface area contributed by atoms with Crippen LogP contribution in [0, 0.1) is 0 Å². The molecule has 1 aliphatic carbocycles. The highest BCUT2D eigenvalue weighted by atomic mass is 16.5. The van der Waals surface area contributed by atoms with Crippen molar-refractivity contribution < 1.29 is 24.5 Å². The van der Waals surface area contributed by atoms with Gasteiger partial charge in [-0.1, -0.05) is 41.0 Å². The van der Waals surface area contributed by atoms with E-state index in [2.05, 4.69) is 4.99 Å². The van der Waals surface area contributed by atoms with Gasteiger partial charge in [0.25, 0.3) is 5.56 Å². The highest BCUT2D eigenvalue weighted by Crippen LogP contribution is 2.45. The quantitative estimate of drug-likeness (QED) is 0.546. The molecule has 0 saturated heterocycles. The van der Waals surface area contributed by atoms with Crippen LogP contribution in [0.25, 0.3) is 5.76 Å². The Morgan fingerprint density at radius 1 is 1.07 bits per heavy atom. The van der Waals surface area contributed by atoms with Gasteiger partial charge in [0.1, 0.15) is 11.5 Å². The lowest BCUT2D eigenvalue weighted by molar-refractivity contribution is -0.723. The van der Waals surface area contributed by atoms with E-state index in [9.17, 15) is 15.0 Å². The smallest absolute Gasteiger partial charge is 0.462 e. The maximum atomic E-state index is 13.3. The minimum atomic E-state index is -0.578. The molecule has 0 radical (unpaired) electrons. The van der Waals surface area contributed by atoms with E-state index in [1.807, 2.05) is 48.5 Å². The topological polar surface area (TPSA) is 89.5 Å². The second-order valence-corrected chi connectivity index (χ2v) is 7.47. The molecule has 2 heterocycles. The number of rotatable bonds is 2. The number of hydrogen-bond acceptors (Lipinski definition) is 4. The normalized spacial score (nSPS) is 16.6. The lowest BCUT2D eigenvalue weighted by Gasteiger charge is -2.22. The van der Waals surface area contributed by atoms with E-state index >= 15 is 0 Å². The number of nitrogens with one attached hydrogen (secondary N) is 1. The van der Waals surface area contributed by atoms with E-state index < -0.39 is 5.92 Å². The summed E-state index contributed by atoms with van der Waals surface area (Å²) in [5.74, 6) is 0.649. The maximum Gasteiger partial charge on any atom is 0.462 e. The highest BCUT2D eigenvalue weighted by Gasteiger charge is 2.49. The van der Waals surface area contributed by atoms with Crippen molar-refractivity contribution in [3.8, 4) is 11.8 Å². The molecule has 3 N–H and O–H groups in total. The Bertz CT molecular complexity index is 1350. The number of methoxy groups -OCH3 is 1. The van der Waals surface area contributed by atoms with Gasteiger partial charge in [-0.3, -0.25) is 4.79 Å². The number of allylic oxidation sites excluding steroid dienone is 1.